The zero-order valence-corrected chi connectivity index (χ0v) is 9.74. The SMILES string of the molecule is Sc1ccc2cc3c(cc2c1)=CC=CCC=3. The van der Waals surface area contributed by atoms with Crippen molar-refractivity contribution in [3.05, 3.63) is 52.9 Å². The molecule has 0 amide bonds. The van der Waals surface area contributed by atoms with Gasteiger partial charge in [-0.3, -0.25) is 0 Å². The van der Waals surface area contributed by atoms with Crippen LogP contribution in [0, 0.1) is 0 Å². The second kappa shape index (κ2) is 3.84. The highest BCUT2D eigenvalue weighted by molar-refractivity contribution is 7.80. The largest absolute Gasteiger partial charge is 0.143 e. The Morgan fingerprint density at radius 1 is 0.938 bits per heavy atom. The van der Waals surface area contributed by atoms with Gasteiger partial charge in [0.15, 0.2) is 0 Å². The van der Waals surface area contributed by atoms with E-state index in [-0.39, 0.29) is 0 Å². The van der Waals surface area contributed by atoms with Crippen molar-refractivity contribution >= 4 is 35.6 Å². The number of fused-ring (bicyclic) bond motifs is 2. The van der Waals surface area contributed by atoms with Crippen molar-refractivity contribution in [1.82, 2.24) is 0 Å². The van der Waals surface area contributed by atoms with Gasteiger partial charge in [0.2, 0.25) is 0 Å². The smallest absolute Gasteiger partial charge is 0.00463 e. The van der Waals surface area contributed by atoms with Gasteiger partial charge in [0.25, 0.3) is 0 Å². The van der Waals surface area contributed by atoms with Crippen LogP contribution in [0.3, 0.4) is 0 Å². The van der Waals surface area contributed by atoms with Crippen molar-refractivity contribution < 1.29 is 0 Å². The average molecular weight is 224 g/mol. The molecule has 0 atom stereocenters. The molecule has 0 saturated heterocycles. The quantitative estimate of drug-likeness (QED) is 0.653. The number of hydrogen-bond acceptors (Lipinski definition) is 1. The second-order valence-corrected chi connectivity index (χ2v) is 4.56. The van der Waals surface area contributed by atoms with Crippen molar-refractivity contribution in [3.8, 4) is 0 Å². The van der Waals surface area contributed by atoms with Crippen molar-refractivity contribution in [2.75, 3.05) is 0 Å². The predicted octanol–water partition coefficient (Wildman–Crippen LogP) is 2.65. The Morgan fingerprint density at radius 3 is 2.75 bits per heavy atom. The highest BCUT2D eigenvalue weighted by Gasteiger charge is 1.96. The third kappa shape index (κ3) is 1.68. The fraction of sp³-hybridized carbons (Fsp3) is 0.0667. The minimum absolute atomic E-state index is 1.01. The highest BCUT2D eigenvalue weighted by atomic mass is 32.1. The van der Waals surface area contributed by atoms with E-state index in [1.165, 1.54) is 21.2 Å². The zero-order valence-electron chi connectivity index (χ0n) is 8.85. The van der Waals surface area contributed by atoms with Gasteiger partial charge >= 0.3 is 0 Å². The Kier molecular flexibility index (Phi) is 2.33. The van der Waals surface area contributed by atoms with Gasteiger partial charge in [-0.15, -0.1) is 12.6 Å². The molecule has 1 heteroatoms. The first-order valence-electron chi connectivity index (χ1n) is 5.43. The summed E-state index contributed by atoms with van der Waals surface area (Å²) in [6.07, 6.45) is 9.75. The van der Waals surface area contributed by atoms with Crippen LogP contribution in [0.25, 0.3) is 22.9 Å². The summed E-state index contributed by atoms with van der Waals surface area (Å²) in [5.41, 5.74) is 0. The third-order valence-electron chi connectivity index (χ3n) is 2.91. The van der Waals surface area contributed by atoms with Gasteiger partial charge in [0.1, 0.15) is 0 Å². The Hall–Kier alpha value is -1.47. The molecule has 1 aliphatic carbocycles. The van der Waals surface area contributed by atoms with Gasteiger partial charge in [-0.05, 0) is 51.9 Å². The van der Waals surface area contributed by atoms with Crippen molar-refractivity contribution in [1.29, 1.82) is 0 Å². The van der Waals surface area contributed by atoms with Gasteiger partial charge in [0.05, 0.1) is 0 Å². The first-order valence-corrected chi connectivity index (χ1v) is 5.87. The number of rotatable bonds is 0. The number of hydrogen-bond donors (Lipinski definition) is 1. The zero-order chi connectivity index (χ0) is 11.0. The summed E-state index contributed by atoms with van der Waals surface area (Å²) < 4.78 is 0. The van der Waals surface area contributed by atoms with Crippen LogP contribution in [0.1, 0.15) is 6.42 Å². The molecule has 0 aliphatic heterocycles. The molecule has 0 aromatic heterocycles. The maximum absolute atomic E-state index is 4.38. The topological polar surface area (TPSA) is 0 Å². The highest BCUT2D eigenvalue weighted by Crippen LogP contribution is 2.15. The van der Waals surface area contributed by atoms with Crippen LogP contribution in [0.5, 0.6) is 0 Å². The van der Waals surface area contributed by atoms with Gasteiger partial charge in [-0.1, -0.05) is 30.4 Å². The van der Waals surface area contributed by atoms with E-state index >= 15 is 0 Å². The fourth-order valence-corrected chi connectivity index (χ4v) is 2.30. The number of benzene rings is 2. The molecular weight excluding hydrogens is 212 g/mol. The molecule has 2 aromatic carbocycles. The average Bonchev–Trinajstić information content (AvgIpc) is 2.50. The number of thiol groups is 1. The molecule has 0 heterocycles. The molecule has 0 bridgehead atoms. The van der Waals surface area contributed by atoms with Crippen LogP contribution in [0.4, 0.5) is 0 Å². The van der Waals surface area contributed by atoms with Crippen LogP contribution in [0.2, 0.25) is 0 Å². The summed E-state index contributed by atoms with van der Waals surface area (Å²) in [4.78, 5) is 1.01. The lowest BCUT2D eigenvalue weighted by Gasteiger charge is -1.99. The minimum atomic E-state index is 1.01. The van der Waals surface area contributed by atoms with Crippen molar-refractivity contribution in [2.24, 2.45) is 0 Å². The van der Waals surface area contributed by atoms with E-state index in [4.69, 9.17) is 0 Å². The molecule has 0 unspecified atom stereocenters. The summed E-state index contributed by atoms with van der Waals surface area (Å²) in [7, 11) is 0. The van der Waals surface area contributed by atoms with Crippen LogP contribution >= 0.6 is 12.6 Å². The van der Waals surface area contributed by atoms with Crippen LogP contribution in [-0.2, 0) is 0 Å². The van der Waals surface area contributed by atoms with Gasteiger partial charge < -0.3 is 0 Å². The molecular formula is C15H12S. The Labute approximate surface area is 100 Å². The molecule has 2 aromatic rings. The maximum Gasteiger partial charge on any atom is 0.00463 e. The van der Waals surface area contributed by atoms with Crippen LogP contribution in [-0.4, -0.2) is 0 Å². The van der Waals surface area contributed by atoms with E-state index in [1.54, 1.807) is 0 Å². The van der Waals surface area contributed by atoms with Gasteiger partial charge in [0, 0.05) is 4.90 Å². The molecule has 0 fully saturated rings. The maximum atomic E-state index is 4.38. The molecule has 0 N–H and O–H groups in total. The fourth-order valence-electron chi connectivity index (χ4n) is 2.09. The molecule has 0 saturated carbocycles. The predicted molar refractivity (Wildman–Crippen MR) is 73.1 cm³/mol. The lowest BCUT2D eigenvalue weighted by atomic mass is 10.1. The second-order valence-electron chi connectivity index (χ2n) is 4.05. The van der Waals surface area contributed by atoms with Crippen LogP contribution in [0.15, 0.2) is 47.4 Å². The summed E-state index contributed by atoms with van der Waals surface area (Å²) >= 11 is 4.38. The Bertz CT molecular complexity index is 693. The molecule has 1 aliphatic rings. The van der Waals surface area contributed by atoms with E-state index in [0.29, 0.717) is 0 Å². The molecule has 3 rings (SSSR count). The summed E-state index contributed by atoms with van der Waals surface area (Å²) in [5.74, 6) is 0. The first kappa shape index (κ1) is 9.73. The molecule has 78 valence electrons. The molecule has 0 radical (unpaired) electrons. The van der Waals surface area contributed by atoms with Gasteiger partial charge in [-0.25, -0.2) is 0 Å². The number of allylic oxidation sites excluding steroid dienone is 2. The normalized spacial score (nSPS) is 13.8. The van der Waals surface area contributed by atoms with E-state index in [1.807, 2.05) is 6.07 Å². The van der Waals surface area contributed by atoms with Crippen LogP contribution < -0.4 is 10.4 Å². The van der Waals surface area contributed by atoms with Crippen molar-refractivity contribution in [3.63, 3.8) is 0 Å². The summed E-state index contributed by atoms with van der Waals surface area (Å²) in [6, 6.07) is 10.8. The van der Waals surface area contributed by atoms with Gasteiger partial charge in [-0.2, -0.15) is 0 Å². The third-order valence-corrected chi connectivity index (χ3v) is 3.19. The monoisotopic (exact) mass is 224 g/mol. The van der Waals surface area contributed by atoms with Crippen molar-refractivity contribution in [2.45, 2.75) is 11.3 Å². The standard InChI is InChI=1S/C15H12S/c16-15-7-6-13-8-11-4-2-1-3-5-12(11)9-14(13)10-15/h1,3-10,16H,2H2. The van der Waals surface area contributed by atoms with E-state index < -0.39 is 0 Å². The van der Waals surface area contributed by atoms with E-state index in [9.17, 15) is 0 Å². The Balaban J connectivity index is 2.45. The molecule has 16 heavy (non-hydrogen) atoms. The van der Waals surface area contributed by atoms with E-state index in [0.717, 1.165) is 11.3 Å². The molecule has 0 spiro atoms. The summed E-state index contributed by atoms with van der Waals surface area (Å²) in [5, 5.41) is 5.15. The lowest BCUT2D eigenvalue weighted by molar-refractivity contribution is 1.46. The van der Waals surface area contributed by atoms with E-state index in [2.05, 4.69) is 61.2 Å². The minimum Gasteiger partial charge on any atom is -0.143 e. The molecule has 0 nitrogen and oxygen atoms in total. The Morgan fingerprint density at radius 2 is 1.81 bits per heavy atom. The first-order chi connectivity index (χ1) is 7.83. The summed E-state index contributed by atoms with van der Waals surface area (Å²) in [6.45, 7) is 0. The lowest BCUT2D eigenvalue weighted by Crippen LogP contribution is -2.23.